The second-order valence-corrected chi connectivity index (χ2v) is 4.59. The first-order chi connectivity index (χ1) is 9.65. The van der Waals surface area contributed by atoms with Crippen molar-refractivity contribution in [3.8, 4) is 11.4 Å². The third-order valence-corrected chi connectivity index (χ3v) is 2.99. The van der Waals surface area contributed by atoms with Gasteiger partial charge in [0.15, 0.2) is 0 Å². The summed E-state index contributed by atoms with van der Waals surface area (Å²) >= 11 is 0. The summed E-state index contributed by atoms with van der Waals surface area (Å²) in [5, 5.41) is 0. The number of nitrogens with zero attached hydrogens (tertiary/aromatic N) is 3. The van der Waals surface area contributed by atoms with E-state index in [2.05, 4.69) is 15.0 Å². The van der Waals surface area contributed by atoms with E-state index in [1.54, 1.807) is 12.3 Å². The normalized spacial score (nSPS) is 12.6. The van der Waals surface area contributed by atoms with E-state index in [9.17, 15) is 4.39 Å². The van der Waals surface area contributed by atoms with Crippen molar-refractivity contribution in [2.45, 2.75) is 13.0 Å². The third-order valence-electron chi connectivity index (χ3n) is 2.99. The van der Waals surface area contributed by atoms with Gasteiger partial charge in [-0.2, -0.15) is 0 Å². The monoisotopic (exact) mass is 268 g/mol. The van der Waals surface area contributed by atoms with Gasteiger partial charge in [-0.15, -0.1) is 0 Å². The lowest BCUT2D eigenvalue weighted by Gasteiger charge is -2.12. The Kier molecular flexibility index (Phi) is 3.12. The second kappa shape index (κ2) is 4.94. The molecule has 5 heteroatoms. The van der Waals surface area contributed by atoms with Gasteiger partial charge < -0.3 is 5.73 Å². The lowest BCUT2D eigenvalue weighted by atomic mass is 10.1. The fourth-order valence-corrected chi connectivity index (χ4v) is 2.05. The van der Waals surface area contributed by atoms with Crippen LogP contribution in [0.3, 0.4) is 0 Å². The van der Waals surface area contributed by atoms with Crippen molar-refractivity contribution in [1.82, 2.24) is 15.0 Å². The number of nitrogens with two attached hydrogens (primary N) is 1. The number of halogens is 1. The molecular formula is C15H13FN4. The molecule has 0 radical (unpaired) electrons. The number of hydrogen-bond acceptors (Lipinski definition) is 4. The van der Waals surface area contributed by atoms with Crippen molar-refractivity contribution >= 4 is 11.0 Å². The summed E-state index contributed by atoms with van der Waals surface area (Å²) in [6.45, 7) is 1.84. The van der Waals surface area contributed by atoms with Gasteiger partial charge in [-0.25, -0.2) is 14.4 Å². The van der Waals surface area contributed by atoms with Crippen molar-refractivity contribution in [3.63, 3.8) is 0 Å². The Morgan fingerprint density at radius 2 is 1.95 bits per heavy atom. The number of pyridine rings is 1. The molecule has 0 amide bonds. The highest BCUT2D eigenvalue weighted by molar-refractivity contribution is 5.78. The first kappa shape index (κ1) is 12.6. The topological polar surface area (TPSA) is 64.7 Å². The molecule has 20 heavy (non-hydrogen) atoms. The minimum absolute atomic E-state index is 0.283. The van der Waals surface area contributed by atoms with Crippen LogP contribution < -0.4 is 5.73 Å². The molecular weight excluding hydrogens is 255 g/mol. The molecule has 2 N–H and O–H groups in total. The lowest BCUT2D eigenvalue weighted by Crippen LogP contribution is -2.11. The highest BCUT2D eigenvalue weighted by Gasteiger charge is 2.15. The minimum atomic E-state index is -0.340. The average molecular weight is 268 g/mol. The van der Waals surface area contributed by atoms with E-state index >= 15 is 0 Å². The van der Waals surface area contributed by atoms with Gasteiger partial charge in [-0.05, 0) is 31.2 Å². The van der Waals surface area contributed by atoms with Crippen molar-refractivity contribution in [3.05, 3.63) is 54.1 Å². The number of benzene rings is 1. The van der Waals surface area contributed by atoms with Gasteiger partial charge in [-0.1, -0.05) is 6.07 Å². The number of aromatic nitrogens is 3. The summed E-state index contributed by atoms with van der Waals surface area (Å²) in [4.78, 5) is 13.2. The van der Waals surface area contributed by atoms with Crippen molar-refractivity contribution in [2.75, 3.05) is 0 Å². The van der Waals surface area contributed by atoms with Gasteiger partial charge in [0, 0.05) is 18.3 Å². The number of hydrogen-bond donors (Lipinski definition) is 1. The molecule has 2 aromatic heterocycles. The molecule has 0 aliphatic rings. The molecule has 0 aliphatic heterocycles. The molecule has 100 valence electrons. The molecule has 0 aliphatic carbocycles. The van der Waals surface area contributed by atoms with Gasteiger partial charge in [0.2, 0.25) is 0 Å². The summed E-state index contributed by atoms with van der Waals surface area (Å²) < 4.78 is 13.3. The van der Waals surface area contributed by atoms with Crippen LogP contribution in [0.1, 0.15) is 18.7 Å². The van der Waals surface area contributed by atoms with E-state index in [0.717, 1.165) is 0 Å². The average Bonchev–Trinajstić information content (AvgIpc) is 2.46. The smallest absolute Gasteiger partial charge is 0.125 e. The minimum Gasteiger partial charge on any atom is -0.323 e. The molecule has 0 spiro atoms. The zero-order valence-electron chi connectivity index (χ0n) is 10.9. The molecule has 3 rings (SSSR count). The van der Waals surface area contributed by atoms with E-state index < -0.39 is 0 Å². The van der Waals surface area contributed by atoms with Crippen LogP contribution in [0, 0.1) is 5.82 Å². The Morgan fingerprint density at radius 1 is 1.10 bits per heavy atom. The maximum Gasteiger partial charge on any atom is 0.125 e. The van der Waals surface area contributed by atoms with E-state index in [4.69, 9.17) is 5.73 Å². The summed E-state index contributed by atoms with van der Waals surface area (Å²) in [5.41, 5.74) is 9.02. The van der Waals surface area contributed by atoms with Crippen molar-refractivity contribution in [1.29, 1.82) is 0 Å². The Labute approximate surface area is 115 Å². The predicted molar refractivity (Wildman–Crippen MR) is 75.3 cm³/mol. The Balaban J connectivity index is 2.30. The SMILES string of the molecule is CC(N)c1nc2ccc(F)cc2nc1-c1ccccn1. The van der Waals surface area contributed by atoms with Crippen LogP contribution in [0.5, 0.6) is 0 Å². The number of rotatable bonds is 2. The Bertz CT molecular complexity index is 756. The molecule has 3 aromatic rings. The molecule has 1 atom stereocenters. The highest BCUT2D eigenvalue weighted by Crippen LogP contribution is 2.25. The Morgan fingerprint density at radius 3 is 2.65 bits per heavy atom. The molecule has 0 bridgehead atoms. The van der Waals surface area contributed by atoms with Gasteiger partial charge >= 0.3 is 0 Å². The predicted octanol–water partition coefficient (Wildman–Crippen LogP) is 2.85. The summed E-state index contributed by atoms with van der Waals surface area (Å²) in [5.74, 6) is -0.340. The fraction of sp³-hybridized carbons (Fsp3) is 0.133. The van der Waals surface area contributed by atoms with E-state index in [0.29, 0.717) is 28.1 Å². The van der Waals surface area contributed by atoms with E-state index in [1.807, 2.05) is 25.1 Å². The van der Waals surface area contributed by atoms with Crippen LogP contribution in [0.2, 0.25) is 0 Å². The molecule has 1 aromatic carbocycles. The summed E-state index contributed by atoms with van der Waals surface area (Å²) in [7, 11) is 0. The fourth-order valence-electron chi connectivity index (χ4n) is 2.05. The van der Waals surface area contributed by atoms with Crippen LogP contribution >= 0.6 is 0 Å². The highest BCUT2D eigenvalue weighted by atomic mass is 19.1. The van der Waals surface area contributed by atoms with Crippen molar-refractivity contribution in [2.24, 2.45) is 5.73 Å². The molecule has 0 fully saturated rings. The first-order valence-corrected chi connectivity index (χ1v) is 6.29. The van der Waals surface area contributed by atoms with E-state index in [-0.39, 0.29) is 11.9 Å². The van der Waals surface area contributed by atoms with Gasteiger partial charge in [0.25, 0.3) is 0 Å². The van der Waals surface area contributed by atoms with E-state index in [1.165, 1.54) is 12.1 Å². The molecule has 2 heterocycles. The standard InChI is InChI=1S/C15H13FN4/c1-9(17)14-15(12-4-2-3-7-18-12)20-13-8-10(16)5-6-11(13)19-14/h2-9H,17H2,1H3. The van der Waals surface area contributed by atoms with Crippen LogP contribution in [0.25, 0.3) is 22.4 Å². The quantitative estimate of drug-likeness (QED) is 0.776. The largest absolute Gasteiger partial charge is 0.323 e. The summed E-state index contributed by atoms with van der Waals surface area (Å²) in [6, 6.07) is 9.57. The molecule has 1 unspecified atom stereocenters. The molecule has 0 saturated heterocycles. The first-order valence-electron chi connectivity index (χ1n) is 6.29. The van der Waals surface area contributed by atoms with Crippen LogP contribution in [-0.4, -0.2) is 15.0 Å². The number of fused-ring (bicyclic) bond motifs is 1. The third kappa shape index (κ3) is 2.23. The van der Waals surface area contributed by atoms with Gasteiger partial charge in [0.1, 0.15) is 11.5 Å². The molecule has 4 nitrogen and oxygen atoms in total. The maximum atomic E-state index is 13.3. The van der Waals surface area contributed by atoms with Crippen molar-refractivity contribution < 1.29 is 4.39 Å². The summed E-state index contributed by atoms with van der Waals surface area (Å²) in [6.07, 6.45) is 1.68. The van der Waals surface area contributed by atoms with Crippen LogP contribution in [0.15, 0.2) is 42.6 Å². The lowest BCUT2D eigenvalue weighted by molar-refractivity contribution is 0.629. The Hall–Kier alpha value is -2.40. The molecule has 0 saturated carbocycles. The zero-order chi connectivity index (χ0) is 14.1. The van der Waals surface area contributed by atoms with Gasteiger partial charge in [0.05, 0.1) is 22.4 Å². The zero-order valence-corrected chi connectivity index (χ0v) is 10.9. The maximum absolute atomic E-state index is 13.3. The van der Waals surface area contributed by atoms with Crippen LogP contribution in [0.4, 0.5) is 4.39 Å². The van der Waals surface area contributed by atoms with Gasteiger partial charge in [-0.3, -0.25) is 4.98 Å². The second-order valence-electron chi connectivity index (χ2n) is 4.59. The van der Waals surface area contributed by atoms with Crippen LogP contribution in [-0.2, 0) is 0 Å².